The smallest absolute Gasteiger partial charge is 0.322 e. The van der Waals surface area contributed by atoms with Crippen molar-refractivity contribution in [3.05, 3.63) is 87.4 Å². The van der Waals surface area contributed by atoms with Gasteiger partial charge in [-0.15, -0.1) is 11.3 Å². The minimum absolute atomic E-state index is 0.0434. The molecule has 0 fully saturated rings. The summed E-state index contributed by atoms with van der Waals surface area (Å²) in [5.74, 6) is -0.469. The van der Waals surface area contributed by atoms with Crippen LogP contribution in [0, 0.1) is 19.7 Å². The zero-order chi connectivity index (χ0) is 24.7. The highest BCUT2D eigenvalue weighted by atomic mass is 32.1. The maximum absolute atomic E-state index is 13.5. The van der Waals surface area contributed by atoms with Crippen molar-refractivity contribution in [2.75, 3.05) is 11.9 Å². The van der Waals surface area contributed by atoms with Crippen LogP contribution in [-0.4, -0.2) is 34.3 Å². The van der Waals surface area contributed by atoms with E-state index in [1.807, 2.05) is 63.4 Å². The second kappa shape index (κ2) is 11.8. The molecule has 0 bridgehead atoms. The van der Waals surface area contributed by atoms with Crippen molar-refractivity contribution in [3.63, 3.8) is 0 Å². The van der Waals surface area contributed by atoms with Gasteiger partial charge < -0.3 is 15.1 Å². The predicted octanol–water partition coefficient (Wildman–Crippen LogP) is 6.37. The molecule has 1 heterocycles. The first-order valence-corrected chi connectivity index (χ1v) is 12.3. The van der Waals surface area contributed by atoms with Gasteiger partial charge in [0.15, 0.2) is 0 Å². The van der Waals surface area contributed by atoms with Crippen molar-refractivity contribution in [1.29, 1.82) is 0 Å². The molecule has 1 N–H and O–H groups in total. The van der Waals surface area contributed by atoms with Crippen molar-refractivity contribution >= 4 is 29.0 Å². The molecule has 34 heavy (non-hydrogen) atoms. The predicted molar refractivity (Wildman–Crippen MR) is 136 cm³/mol. The third-order valence-electron chi connectivity index (χ3n) is 5.90. The van der Waals surface area contributed by atoms with E-state index in [1.54, 1.807) is 33.3 Å². The van der Waals surface area contributed by atoms with Gasteiger partial charge in [-0.3, -0.25) is 4.79 Å². The summed E-state index contributed by atoms with van der Waals surface area (Å²) in [5, 5.41) is 4.94. The lowest BCUT2D eigenvalue weighted by molar-refractivity contribution is -0.133. The first kappa shape index (κ1) is 25.4. The van der Waals surface area contributed by atoms with Gasteiger partial charge in [0, 0.05) is 23.2 Å². The lowest BCUT2D eigenvalue weighted by atomic mass is 10.2. The third kappa shape index (κ3) is 6.90. The highest BCUT2D eigenvalue weighted by Gasteiger charge is 2.25. The van der Waals surface area contributed by atoms with Crippen LogP contribution in [0.15, 0.2) is 60.0 Å². The number of rotatable bonds is 9. The lowest BCUT2D eigenvalue weighted by Crippen LogP contribution is -2.47. The Balaban J connectivity index is 1.80. The van der Waals surface area contributed by atoms with Gasteiger partial charge in [-0.05, 0) is 79.6 Å². The van der Waals surface area contributed by atoms with Gasteiger partial charge in [0.2, 0.25) is 5.91 Å². The Morgan fingerprint density at radius 1 is 1.06 bits per heavy atom. The van der Waals surface area contributed by atoms with Gasteiger partial charge >= 0.3 is 6.03 Å². The number of halogens is 1. The standard InChI is InChI=1S/C27H32FN3O2S/c1-5-21(4)31(27(33)29-24-8-6-7-19(2)15-24)18-26(32)30(17-25-20(3)13-14-34-25)16-22-9-11-23(28)12-10-22/h6-15,21H,5,16-18H2,1-4H3,(H,29,33). The maximum atomic E-state index is 13.5. The van der Waals surface area contributed by atoms with Gasteiger partial charge in [0.25, 0.3) is 0 Å². The molecule has 1 unspecified atom stereocenters. The number of hydrogen-bond donors (Lipinski definition) is 1. The number of anilines is 1. The molecule has 0 aliphatic rings. The molecule has 3 amide bonds. The molecular formula is C27H32FN3O2S. The quantitative estimate of drug-likeness (QED) is 0.386. The van der Waals surface area contributed by atoms with Crippen LogP contribution in [0.4, 0.5) is 14.9 Å². The molecule has 0 saturated carbocycles. The number of thiophene rings is 1. The van der Waals surface area contributed by atoms with Crippen LogP contribution in [0.25, 0.3) is 0 Å². The Morgan fingerprint density at radius 2 is 1.79 bits per heavy atom. The second-order valence-corrected chi connectivity index (χ2v) is 9.59. The molecule has 3 rings (SSSR count). The van der Waals surface area contributed by atoms with Crippen molar-refractivity contribution in [3.8, 4) is 0 Å². The van der Waals surface area contributed by atoms with E-state index in [0.717, 1.165) is 28.0 Å². The first-order chi connectivity index (χ1) is 16.3. The number of carbonyl (C=O) groups is 2. The number of hydrogen-bond acceptors (Lipinski definition) is 3. The molecule has 0 radical (unpaired) electrons. The van der Waals surface area contributed by atoms with Crippen LogP contribution < -0.4 is 5.32 Å². The third-order valence-corrected chi connectivity index (χ3v) is 6.91. The molecule has 3 aromatic rings. The number of benzene rings is 2. The van der Waals surface area contributed by atoms with Crippen molar-refractivity contribution < 1.29 is 14.0 Å². The Hall–Kier alpha value is -3.19. The van der Waals surface area contributed by atoms with Crippen LogP contribution in [0.3, 0.4) is 0 Å². The van der Waals surface area contributed by atoms with Crippen LogP contribution in [-0.2, 0) is 17.9 Å². The molecule has 7 heteroatoms. The molecule has 2 aromatic carbocycles. The van der Waals surface area contributed by atoms with E-state index in [-0.39, 0.29) is 30.3 Å². The van der Waals surface area contributed by atoms with Gasteiger partial charge in [-0.2, -0.15) is 0 Å². The fraction of sp³-hybridized carbons (Fsp3) is 0.333. The largest absolute Gasteiger partial charge is 0.332 e. The Morgan fingerprint density at radius 3 is 2.41 bits per heavy atom. The minimum atomic E-state index is -0.313. The average Bonchev–Trinajstić information content (AvgIpc) is 3.22. The molecule has 0 aliphatic carbocycles. The average molecular weight is 482 g/mol. The van der Waals surface area contributed by atoms with Crippen molar-refractivity contribution in [2.45, 2.75) is 53.2 Å². The molecule has 0 aliphatic heterocycles. The van der Waals surface area contributed by atoms with Gasteiger partial charge in [0.05, 0.1) is 6.54 Å². The Labute approximate surface area is 205 Å². The SMILES string of the molecule is CCC(C)N(CC(=O)N(Cc1ccc(F)cc1)Cc1sccc1C)C(=O)Nc1cccc(C)c1. The summed E-state index contributed by atoms with van der Waals surface area (Å²) in [4.78, 5) is 31.1. The molecule has 180 valence electrons. The van der Waals surface area contributed by atoms with E-state index < -0.39 is 0 Å². The van der Waals surface area contributed by atoms with Crippen LogP contribution in [0.5, 0.6) is 0 Å². The molecule has 0 saturated heterocycles. The van der Waals surface area contributed by atoms with Gasteiger partial charge in [-0.1, -0.05) is 31.2 Å². The lowest BCUT2D eigenvalue weighted by Gasteiger charge is -2.31. The fourth-order valence-electron chi connectivity index (χ4n) is 3.59. The normalized spacial score (nSPS) is 11.7. The van der Waals surface area contributed by atoms with Crippen LogP contribution >= 0.6 is 11.3 Å². The number of aryl methyl sites for hydroxylation is 2. The zero-order valence-electron chi connectivity index (χ0n) is 20.2. The molecule has 5 nitrogen and oxygen atoms in total. The summed E-state index contributed by atoms with van der Waals surface area (Å²) in [5.41, 5.74) is 3.70. The van der Waals surface area contributed by atoms with E-state index >= 15 is 0 Å². The van der Waals surface area contributed by atoms with E-state index in [4.69, 9.17) is 0 Å². The van der Waals surface area contributed by atoms with Gasteiger partial charge in [0.1, 0.15) is 12.4 Å². The summed E-state index contributed by atoms with van der Waals surface area (Å²) < 4.78 is 13.4. The highest BCUT2D eigenvalue weighted by Crippen LogP contribution is 2.20. The van der Waals surface area contributed by atoms with E-state index in [9.17, 15) is 14.0 Å². The minimum Gasteiger partial charge on any atom is -0.332 e. The molecule has 1 aromatic heterocycles. The number of urea groups is 1. The number of nitrogens with zero attached hydrogens (tertiary/aromatic N) is 2. The highest BCUT2D eigenvalue weighted by molar-refractivity contribution is 7.10. The van der Waals surface area contributed by atoms with Crippen molar-refractivity contribution in [1.82, 2.24) is 9.80 Å². The number of amides is 3. The van der Waals surface area contributed by atoms with Gasteiger partial charge in [-0.25, -0.2) is 9.18 Å². The second-order valence-electron chi connectivity index (χ2n) is 8.59. The van der Waals surface area contributed by atoms with Crippen LogP contribution in [0.1, 0.15) is 41.8 Å². The summed E-state index contributed by atoms with van der Waals surface area (Å²) in [6, 6.07) is 15.4. The number of carbonyl (C=O) groups excluding carboxylic acids is 2. The number of nitrogens with one attached hydrogen (secondary N) is 1. The molecule has 0 spiro atoms. The Bertz CT molecular complexity index is 1110. The first-order valence-electron chi connectivity index (χ1n) is 11.5. The topological polar surface area (TPSA) is 52.7 Å². The fourth-order valence-corrected chi connectivity index (χ4v) is 4.51. The zero-order valence-corrected chi connectivity index (χ0v) is 21.0. The van der Waals surface area contributed by atoms with E-state index in [2.05, 4.69) is 5.32 Å². The Kier molecular flexibility index (Phi) is 8.82. The summed E-state index contributed by atoms with van der Waals surface area (Å²) in [6.45, 7) is 8.65. The molecular weight excluding hydrogens is 449 g/mol. The molecule has 1 atom stereocenters. The monoisotopic (exact) mass is 481 g/mol. The van der Waals surface area contributed by atoms with E-state index in [1.165, 1.54) is 12.1 Å². The van der Waals surface area contributed by atoms with Crippen LogP contribution in [0.2, 0.25) is 0 Å². The summed E-state index contributed by atoms with van der Waals surface area (Å²) in [7, 11) is 0. The summed E-state index contributed by atoms with van der Waals surface area (Å²) in [6.07, 6.45) is 0.719. The summed E-state index contributed by atoms with van der Waals surface area (Å²) >= 11 is 1.60. The van der Waals surface area contributed by atoms with E-state index in [0.29, 0.717) is 18.8 Å². The van der Waals surface area contributed by atoms with Crippen molar-refractivity contribution in [2.24, 2.45) is 0 Å². The maximum Gasteiger partial charge on any atom is 0.322 e.